The van der Waals surface area contributed by atoms with E-state index in [1.807, 2.05) is 0 Å². The largest absolute Gasteiger partial charge is 0.478 e. The fourth-order valence-electron chi connectivity index (χ4n) is 2.80. The minimum atomic E-state index is -1.13. The number of nitrogens with zero attached hydrogens (tertiary/aromatic N) is 1. The van der Waals surface area contributed by atoms with Crippen LogP contribution in [0.2, 0.25) is 5.02 Å². The zero-order valence-electron chi connectivity index (χ0n) is 17.7. The van der Waals surface area contributed by atoms with E-state index in [-0.39, 0.29) is 33.4 Å². The smallest absolute Gasteiger partial charge is 0.335 e. The summed E-state index contributed by atoms with van der Waals surface area (Å²) in [6.07, 6.45) is 0. The number of anilines is 2. The summed E-state index contributed by atoms with van der Waals surface area (Å²) >= 11 is 7.32. The van der Waals surface area contributed by atoms with E-state index in [4.69, 9.17) is 16.7 Å². The zero-order chi connectivity index (χ0) is 24.8. The van der Waals surface area contributed by atoms with Crippen molar-refractivity contribution in [3.8, 4) is 0 Å². The SMILES string of the molecule is CC(Sc1ccc(NC(=O)c2ccc([N+](=O)[O-])cc2)cc1)C(=O)Nc1cc(C(=O)O)ccc1Cl. The molecule has 2 amide bonds. The number of nitro groups is 1. The number of nitro benzene ring substituents is 1. The first kappa shape index (κ1) is 24.7. The van der Waals surface area contributed by atoms with Gasteiger partial charge in [0.1, 0.15) is 0 Å². The number of carboxylic acids is 1. The first-order valence-corrected chi connectivity index (χ1v) is 11.1. The number of rotatable bonds is 8. The van der Waals surface area contributed by atoms with Crippen LogP contribution in [0.5, 0.6) is 0 Å². The number of carboxylic acid groups (broad SMARTS) is 1. The van der Waals surface area contributed by atoms with Gasteiger partial charge in [-0.05, 0) is 61.5 Å². The van der Waals surface area contributed by atoms with Gasteiger partial charge in [-0.1, -0.05) is 11.6 Å². The van der Waals surface area contributed by atoms with Crippen molar-refractivity contribution in [1.29, 1.82) is 0 Å². The Labute approximate surface area is 203 Å². The van der Waals surface area contributed by atoms with Crippen molar-refractivity contribution < 1.29 is 24.4 Å². The van der Waals surface area contributed by atoms with Gasteiger partial charge in [0.05, 0.1) is 26.4 Å². The Balaban J connectivity index is 1.59. The summed E-state index contributed by atoms with van der Waals surface area (Å²) in [6.45, 7) is 1.69. The van der Waals surface area contributed by atoms with Crippen LogP contribution in [0.3, 0.4) is 0 Å². The maximum Gasteiger partial charge on any atom is 0.335 e. The molecule has 1 unspecified atom stereocenters. The fraction of sp³-hybridized carbons (Fsp3) is 0.0870. The van der Waals surface area contributed by atoms with Gasteiger partial charge in [-0.3, -0.25) is 19.7 Å². The number of benzene rings is 3. The summed E-state index contributed by atoms with van der Waals surface area (Å²) in [5, 5.41) is 24.9. The van der Waals surface area contributed by atoms with E-state index < -0.39 is 22.0 Å². The van der Waals surface area contributed by atoms with Crippen molar-refractivity contribution in [2.24, 2.45) is 0 Å². The van der Waals surface area contributed by atoms with Crippen LogP contribution >= 0.6 is 23.4 Å². The summed E-state index contributed by atoms with van der Waals surface area (Å²) in [6, 6.07) is 16.1. The molecule has 0 spiro atoms. The zero-order valence-corrected chi connectivity index (χ0v) is 19.2. The molecule has 34 heavy (non-hydrogen) atoms. The molecule has 0 fully saturated rings. The molecule has 0 saturated heterocycles. The lowest BCUT2D eigenvalue weighted by atomic mass is 10.2. The van der Waals surface area contributed by atoms with E-state index in [0.717, 1.165) is 4.90 Å². The maximum absolute atomic E-state index is 12.5. The standard InChI is InChI=1S/C23H18ClN3O6S/c1-13(21(28)26-20-12-15(23(30)31)4-11-19(20)24)34-18-9-5-16(6-10-18)25-22(29)14-2-7-17(8-3-14)27(32)33/h2-13H,1H3,(H,25,29)(H,26,28)(H,30,31). The van der Waals surface area contributed by atoms with Gasteiger partial charge in [0, 0.05) is 28.3 Å². The maximum atomic E-state index is 12.5. The molecule has 0 radical (unpaired) electrons. The van der Waals surface area contributed by atoms with Crippen molar-refractivity contribution >= 4 is 58.2 Å². The highest BCUT2D eigenvalue weighted by atomic mass is 35.5. The first-order valence-electron chi connectivity index (χ1n) is 9.80. The Morgan fingerprint density at radius 3 is 2.18 bits per heavy atom. The highest BCUT2D eigenvalue weighted by Gasteiger charge is 2.17. The summed E-state index contributed by atoms with van der Waals surface area (Å²) in [4.78, 5) is 46.9. The number of carbonyl (C=O) groups is 3. The second-order valence-electron chi connectivity index (χ2n) is 7.03. The van der Waals surface area contributed by atoms with Crippen molar-refractivity contribution in [2.75, 3.05) is 10.6 Å². The van der Waals surface area contributed by atoms with E-state index in [0.29, 0.717) is 5.69 Å². The van der Waals surface area contributed by atoms with Crippen LogP contribution in [0, 0.1) is 10.1 Å². The summed E-state index contributed by atoms with van der Waals surface area (Å²) in [5.41, 5.74) is 0.907. The normalized spacial score (nSPS) is 11.4. The number of non-ortho nitro benzene ring substituents is 1. The molecule has 174 valence electrons. The van der Waals surface area contributed by atoms with E-state index in [9.17, 15) is 24.5 Å². The van der Waals surface area contributed by atoms with Crippen LogP contribution in [0.15, 0.2) is 71.6 Å². The van der Waals surface area contributed by atoms with Crippen LogP contribution in [-0.4, -0.2) is 33.1 Å². The Hall–Kier alpha value is -3.89. The Morgan fingerprint density at radius 1 is 0.971 bits per heavy atom. The number of carbonyl (C=O) groups excluding carboxylic acids is 2. The Morgan fingerprint density at radius 2 is 1.59 bits per heavy atom. The highest BCUT2D eigenvalue weighted by Crippen LogP contribution is 2.28. The number of hydrogen-bond acceptors (Lipinski definition) is 6. The second-order valence-corrected chi connectivity index (χ2v) is 8.85. The van der Waals surface area contributed by atoms with E-state index in [1.54, 1.807) is 31.2 Å². The van der Waals surface area contributed by atoms with E-state index in [1.165, 1.54) is 54.2 Å². The van der Waals surface area contributed by atoms with Crippen molar-refractivity contribution in [3.63, 3.8) is 0 Å². The third-order valence-electron chi connectivity index (χ3n) is 4.61. The van der Waals surface area contributed by atoms with Gasteiger partial charge in [0.25, 0.3) is 11.6 Å². The molecule has 0 aliphatic rings. The third-order valence-corrected chi connectivity index (χ3v) is 6.05. The van der Waals surface area contributed by atoms with Crippen molar-refractivity contribution in [3.05, 3.63) is 93.0 Å². The Kier molecular flexibility index (Phi) is 7.87. The van der Waals surface area contributed by atoms with Gasteiger partial charge in [0.15, 0.2) is 0 Å². The molecule has 3 aromatic rings. The number of hydrogen-bond donors (Lipinski definition) is 3. The van der Waals surface area contributed by atoms with Crippen LogP contribution in [-0.2, 0) is 4.79 Å². The van der Waals surface area contributed by atoms with Crippen LogP contribution in [0.1, 0.15) is 27.6 Å². The average molecular weight is 500 g/mol. The molecule has 0 aromatic heterocycles. The lowest BCUT2D eigenvalue weighted by molar-refractivity contribution is -0.384. The van der Waals surface area contributed by atoms with E-state index >= 15 is 0 Å². The van der Waals surface area contributed by atoms with Crippen LogP contribution in [0.25, 0.3) is 0 Å². The van der Waals surface area contributed by atoms with Crippen molar-refractivity contribution in [2.45, 2.75) is 17.1 Å². The molecule has 3 N–H and O–H groups in total. The minimum Gasteiger partial charge on any atom is -0.478 e. The van der Waals surface area contributed by atoms with Gasteiger partial charge in [-0.15, -0.1) is 11.8 Å². The average Bonchev–Trinajstić information content (AvgIpc) is 2.81. The lowest BCUT2D eigenvalue weighted by Crippen LogP contribution is -2.22. The Bertz CT molecular complexity index is 1250. The van der Waals surface area contributed by atoms with Crippen LogP contribution in [0.4, 0.5) is 17.1 Å². The van der Waals surface area contributed by atoms with Crippen molar-refractivity contribution in [1.82, 2.24) is 0 Å². The lowest BCUT2D eigenvalue weighted by Gasteiger charge is -2.14. The molecule has 9 nitrogen and oxygen atoms in total. The topological polar surface area (TPSA) is 139 Å². The van der Waals surface area contributed by atoms with Gasteiger partial charge in [-0.25, -0.2) is 4.79 Å². The fourth-order valence-corrected chi connectivity index (χ4v) is 3.83. The number of thioether (sulfide) groups is 1. The molecule has 11 heteroatoms. The molecule has 0 bridgehead atoms. The number of amides is 2. The van der Waals surface area contributed by atoms with Gasteiger partial charge in [-0.2, -0.15) is 0 Å². The predicted molar refractivity (Wildman–Crippen MR) is 130 cm³/mol. The molecule has 3 aromatic carbocycles. The predicted octanol–water partition coefficient (Wildman–Crippen LogP) is 5.32. The highest BCUT2D eigenvalue weighted by molar-refractivity contribution is 8.00. The van der Waals surface area contributed by atoms with Crippen LogP contribution < -0.4 is 10.6 Å². The van der Waals surface area contributed by atoms with Gasteiger partial charge in [0.2, 0.25) is 5.91 Å². The summed E-state index contributed by atoms with van der Waals surface area (Å²) in [7, 11) is 0. The monoisotopic (exact) mass is 499 g/mol. The second kappa shape index (κ2) is 10.8. The quantitative estimate of drug-likeness (QED) is 0.216. The van der Waals surface area contributed by atoms with Gasteiger partial charge < -0.3 is 15.7 Å². The minimum absolute atomic E-state index is 0.00590. The van der Waals surface area contributed by atoms with Gasteiger partial charge >= 0.3 is 5.97 Å². The molecule has 0 saturated carbocycles. The molecular weight excluding hydrogens is 482 g/mol. The number of aromatic carboxylic acids is 1. The first-order chi connectivity index (χ1) is 16.1. The molecule has 0 heterocycles. The summed E-state index contributed by atoms with van der Waals surface area (Å²) in [5.74, 6) is -1.90. The summed E-state index contributed by atoms with van der Waals surface area (Å²) < 4.78 is 0. The van der Waals surface area contributed by atoms with E-state index in [2.05, 4.69) is 10.6 Å². The molecule has 0 aliphatic heterocycles. The third kappa shape index (κ3) is 6.33. The molecular formula is C23H18ClN3O6S. The molecule has 3 rings (SSSR count). The number of nitrogens with one attached hydrogen (secondary N) is 2. The molecule has 1 atom stereocenters. The number of halogens is 1. The molecule has 0 aliphatic carbocycles.